The second-order valence-electron chi connectivity index (χ2n) is 8.93. The van der Waals surface area contributed by atoms with Crippen molar-refractivity contribution in [2.45, 2.75) is 26.3 Å². The molecule has 6 nitrogen and oxygen atoms in total. The minimum Gasteiger partial charge on any atom is -0.368 e. The SMILES string of the molecule is Cc1cnn(C)c1-c1ccc(NCC2CCC3CN(Cc4ccccc4)CC23)nn1. The predicted molar refractivity (Wildman–Crippen MR) is 119 cm³/mol. The van der Waals surface area contributed by atoms with Crippen molar-refractivity contribution in [3.05, 3.63) is 59.8 Å². The van der Waals surface area contributed by atoms with E-state index >= 15 is 0 Å². The van der Waals surface area contributed by atoms with Crippen LogP contribution >= 0.6 is 0 Å². The van der Waals surface area contributed by atoms with Crippen LogP contribution in [0.3, 0.4) is 0 Å². The highest BCUT2D eigenvalue weighted by Crippen LogP contribution is 2.42. The van der Waals surface area contributed by atoms with E-state index in [1.165, 1.54) is 31.5 Å². The highest BCUT2D eigenvalue weighted by atomic mass is 15.3. The standard InChI is InChI=1S/C24H30N6/c1-17-12-26-29(2)24(17)22-10-11-23(28-27-22)25-13-19-8-9-20-15-30(16-21(19)20)14-18-6-4-3-5-7-18/h3-7,10-12,19-21H,8-9,13-16H2,1-2H3,(H,25,28). The summed E-state index contributed by atoms with van der Waals surface area (Å²) < 4.78 is 1.85. The number of likely N-dealkylation sites (tertiary alicyclic amines) is 1. The molecule has 0 amide bonds. The van der Waals surface area contributed by atoms with Gasteiger partial charge in [-0.1, -0.05) is 30.3 Å². The molecule has 0 radical (unpaired) electrons. The molecular weight excluding hydrogens is 372 g/mol. The quantitative estimate of drug-likeness (QED) is 0.680. The van der Waals surface area contributed by atoms with Gasteiger partial charge < -0.3 is 5.32 Å². The van der Waals surface area contributed by atoms with Crippen molar-refractivity contribution >= 4 is 5.82 Å². The predicted octanol–water partition coefficient (Wildman–Crippen LogP) is 3.76. The van der Waals surface area contributed by atoms with Crippen molar-refractivity contribution in [3.8, 4) is 11.4 Å². The first-order chi connectivity index (χ1) is 14.7. The van der Waals surface area contributed by atoms with Gasteiger partial charge in [0.25, 0.3) is 0 Å². The van der Waals surface area contributed by atoms with E-state index in [0.717, 1.165) is 53.6 Å². The smallest absolute Gasteiger partial charge is 0.148 e. The van der Waals surface area contributed by atoms with E-state index in [1.54, 1.807) is 0 Å². The number of hydrogen-bond donors (Lipinski definition) is 1. The van der Waals surface area contributed by atoms with Crippen LogP contribution in [-0.2, 0) is 13.6 Å². The van der Waals surface area contributed by atoms with E-state index in [-0.39, 0.29) is 0 Å². The summed E-state index contributed by atoms with van der Waals surface area (Å²) in [6.07, 6.45) is 4.54. The zero-order valence-electron chi connectivity index (χ0n) is 17.8. The van der Waals surface area contributed by atoms with Crippen molar-refractivity contribution < 1.29 is 0 Å². The molecule has 1 saturated heterocycles. The highest BCUT2D eigenvalue weighted by molar-refractivity contribution is 5.59. The van der Waals surface area contributed by atoms with Crippen molar-refractivity contribution in [2.75, 3.05) is 25.0 Å². The second-order valence-corrected chi connectivity index (χ2v) is 8.93. The van der Waals surface area contributed by atoms with Crippen molar-refractivity contribution in [3.63, 3.8) is 0 Å². The molecule has 2 aliphatic rings. The monoisotopic (exact) mass is 402 g/mol. The molecule has 2 fully saturated rings. The van der Waals surface area contributed by atoms with Crippen molar-refractivity contribution in [2.24, 2.45) is 24.8 Å². The number of anilines is 1. The van der Waals surface area contributed by atoms with E-state index in [2.05, 4.69) is 62.8 Å². The van der Waals surface area contributed by atoms with Crippen LogP contribution in [0.2, 0.25) is 0 Å². The molecule has 0 bridgehead atoms. The van der Waals surface area contributed by atoms with Gasteiger partial charge in [0.05, 0.1) is 11.9 Å². The minimum atomic E-state index is 0.719. The molecular formula is C24H30N6. The molecule has 0 spiro atoms. The molecule has 1 aromatic carbocycles. The average molecular weight is 403 g/mol. The highest BCUT2D eigenvalue weighted by Gasteiger charge is 2.42. The van der Waals surface area contributed by atoms with Gasteiger partial charge in [0, 0.05) is 33.2 Å². The number of rotatable bonds is 6. The van der Waals surface area contributed by atoms with Gasteiger partial charge >= 0.3 is 0 Å². The van der Waals surface area contributed by atoms with Gasteiger partial charge in [0.15, 0.2) is 0 Å². The molecule has 2 aromatic heterocycles. The Morgan fingerprint density at radius 1 is 1.03 bits per heavy atom. The van der Waals surface area contributed by atoms with Crippen LogP contribution < -0.4 is 5.32 Å². The number of nitrogens with one attached hydrogen (secondary N) is 1. The maximum Gasteiger partial charge on any atom is 0.148 e. The molecule has 5 rings (SSSR count). The number of hydrogen-bond acceptors (Lipinski definition) is 5. The second kappa shape index (κ2) is 8.19. The lowest BCUT2D eigenvalue weighted by Gasteiger charge is -2.21. The fourth-order valence-electron chi connectivity index (χ4n) is 5.40. The van der Waals surface area contributed by atoms with E-state index in [4.69, 9.17) is 0 Å². The Bertz CT molecular complexity index is 961. The van der Waals surface area contributed by atoms with Gasteiger partial charge in [0.2, 0.25) is 0 Å². The molecule has 1 aliphatic heterocycles. The number of aryl methyl sites for hydroxylation is 2. The lowest BCUT2D eigenvalue weighted by molar-refractivity contribution is 0.286. The summed E-state index contributed by atoms with van der Waals surface area (Å²) in [6.45, 7) is 6.58. The molecule has 30 heavy (non-hydrogen) atoms. The molecule has 6 heteroatoms. The molecule has 3 unspecified atom stereocenters. The van der Waals surface area contributed by atoms with Crippen molar-refractivity contribution in [1.29, 1.82) is 0 Å². The van der Waals surface area contributed by atoms with E-state index < -0.39 is 0 Å². The molecule has 1 N–H and O–H groups in total. The van der Waals surface area contributed by atoms with E-state index in [0.29, 0.717) is 0 Å². The fraction of sp³-hybridized carbons (Fsp3) is 0.458. The minimum absolute atomic E-state index is 0.719. The number of benzene rings is 1. The third kappa shape index (κ3) is 3.84. The Balaban J connectivity index is 1.17. The van der Waals surface area contributed by atoms with Gasteiger partial charge in [-0.25, -0.2) is 0 Å². The van der Waals surface area contributed by atoms with Crippen LogP contribution in [0.25, 0.3) is 11.4 Å². The molecule has 1 aliphatic carbocycles. The Kier molecular flexibility index (Phi) is 5.25. The van der Waals surface area contributed by atoms with Gasteiger partial charge in [-0.2, -0.15) is 5.10 Å². The van der Waals surface area contributed by atoms with E-state index in [9.17, 15) is 0 Å². The van der Waals surface area contributed by atoms with Gasteiger partial charge in [-0.3, -0.25) is 9.58 Å². The normalized spacial score (nSPS) is 23.6. The van der Waals surface area contributed by atoms with Crippen LogP contribution in [0.4, 0.5) is 5.82 Å². The molecule has 3 heterocycles. The summed E-state index contributed by atoms with van der Waals surface area (Å²) in [5.41, 5.74) is 4.43. The summed E-state index contributed by atoms with van der Waals surface area (Å²) in [5.74, 6) is 3.23. The molecule has 156 valence electrons. The van der Waals surface area contributed by atoms with Gasteiger partial charge in [0.1, 0.15) is 11.5 Å². The maximum atomic E-state index is 4.43. The van der Waals surface area contributed by atoms with Crippen LogP contribution in [0, 0.1) is 24.7 Å². The third-order valence-electron chi connectivity index (χ3n) is 6.90. The fourth-order valence-corrected chi connectivity index (χ4v) is 5.40. The first-order valence-electron chi connectivity index (χ1n) is 11.0. The summed E-state index contributed by atoms with van der Waals surface area (Å²) in [6, 6.07) is 14.9. The summed E-state index contributed by atoms with van der Waals surface area (Å²) >= 11 is 0. The summed E-state index contributed by atoms with van der Waals surface area (Å²) in [4.78, 5) is 2.64. The number of nitrogens with zero attached hydrogens (tertiary/aromatic N) is 5. The van der Waals surface area contributed by atoms with Crippen LogP contribution in [0.15, 0.2) is 48.7 Å². The number of fused-ring (bicyclic) bond motifs is 1. The van der Waals surface area contributed by atoms with E-state index in [1.807, 2.05) is 30.1 Å². The first kappa shape index (κ1) is 19.2. The van der Waals surface area contributed by atoms with Gasteiger partial charge in [-0.05, 0) is 60.8 Å². The topological polar surface area (TPSA) is 58.9 Å². The van der Waals surface area contributed by atoms with Crippen LogP contribution in [0.1, 0.15) is 24.0 Å². The Hall–Kier alpha value is -2.73. The zero-order valence-corrected chi connectivity index (χ0v) is 17.8. The Morgan fingerprint density at radius 3 is 2.63 bits per heavy atom. The summed E-state index contributed by atoms with van der Waals surface area (Å²) in [7, 11) is 1.94. The van der Waals surface area contributed by atoms with Crippen LogP contribution in [0.5, 0.6) is 0 Å². The lowest BCUT2D eigenvalue weighted by Crippen LogP contribution is -2.25. The first-order valence-corrected chi connectivity index (χ1v) is 11.0. The Labute approximate surface area is 178 Å². The Morgan fingerprint density at radius 2 is 1.90 bits per heavy atom. The zero-order chi connectivity index (χ0) is 20.5. The largest absolute Gasteiger partial charge is 0.368 e. The molecule has 3 aromatic rings. The third-order valence-corrected chi connectivity index (χ3v) is 6.90. The lowest BCUT2D eigenvalue weighted by atomic mass is 9.92. The maximum absolute atomic E-state index is 4.43. The summed E-state index contributed by atoms with van der Waals surface area (Å²) in [5, 5.41) is 16.7. The van der Waals surface area contributed by atoms with Crippen LogP contribution in [-0.4, -0.2) is 44.5 Å². The van der Waals surface area contributed by atoms with Gasteiger partial charge in [-0.15, -0.1) is 10.2 Å². The molecule has 3 atom stereocenters. The number of aromatic nitrogens is 4. The molecule has 1 saturated carbocycles. The van der Waals surface area contributed by atoms with Crippen molar-refractivity contribution in [1.82, 2.24) is 24.9 Å². The average Bonchev–Trinajstić information content (AvgIpc) is 3.42.